The average Bonchev–Trinajstić information content (AvgIpc) is 3.18. The molecule has 7 nitrogen and oxygen atoms in total. The number of piperidine rings is 1. The number of rotatable bonds is 5. The van der Waals surface area contributed by atoms with Gasteiger partial charge in [-0.1, -0.05) is 59.3 Å². The summed E-state index contributed by atoms with van der Waals surface area (Å²) in [4.78, 5) is 22.9. The lowest BCUT2D eigenvalue weighted by molar-refractivity contribution is 0.196. The summed E-state index contributed by atoms with van der Waals surface area (Å²) < 4.78 is 1.67. The lowest BCUT2D eigenvalue weighted by Crippen LogP contribution is -2.35. The summed E-state index contributed by atoms with van der Waals surface area (Å²) in [5.41, 5.74) is 2.82. The minimum atomic E-state index is -0.238. The number of aromatic amines is 1. The van der Waals surface area contributed by atoms with Crippen LogP contribution in [0.25, 0.3) is 11.2 Å². The van der Waals surface area contributed by atoms with Gasteiger partial charge in [-0.25, -0.2) is 9.67 Å². The van der Waals surface area contributed by atoms with Gasteiger partial charge in [0.15, 0.2) is 11.2 Å². The first kappa shape index (κ1) is 19.9. The van der Waals surface area contributed by atoms with Gasteiger partial charge in [0, 0.05) is 24.0 Å². The van der Waals surface area contributed by atoms with Crippen LogP contribution in [0.1, 0.15) is 35.7 Å². The van der Waals surface area contributed by atoms with Crippen LogP contribution in [-0.4, -0.2) is 43.0 Å². The lowest BCUT2D eigenvalue weighted by Gasteiger charge is -2.32. The second kappa shape index (κ2) is 8.61. The number of nitrogens with one attached hydrogen (secondary N) is 1. The molecule has 1 atom stereocenters. The number of aromatic nitrogens is 5. The van der Waals surface area contributed by atoms with E-state index in [1.54, 1.807) is 4.68 Å². The number of benzene rings is 2. The maximum absolute atomic E-state index is 12.7. The number of fused-ring (bicyclic) bond motifs is 1. The van der Waals surface area contributed by atoms with Crippen LogP contribution in [0.2, 0.25) is 5.02 Å². The van der Waals surface area contributed by atoms with E-state index in [1.165, 1.54) is 5.56 Å². The van der Waals surface area contributed by atoms with Crippen LogP contribution in [-0.2, 0) is 13.1 Å². The van der Waals surface area contributed by atoms with Crippen LogP contribution >= 0.6 is 11.6 Å². The number of hydrogen-bond acceptors (Lipinski definition) is 5. The number of nitrogens with zero attached hydrogens (tertiary/aromatic N) is 5. The molecule has 2 aromatic heterocycles. The Morgan fingerprint density at radius 1 is 1.06 bits per heavy atom. The van der Waals surface area contributed by atoms with Gasteiger partial charge in [-0.2, -0.15) is 0 Å². The lowest BCUT2D eigenvalue weighted by atomic mass is 9.96. The SMILES string of the molecule is O=c1[nH]c(C2CCCN(Cc3ccccc3)C2)nc2c1nnn2Cc1cccc(Cl)c1. The zero-order chi connectivity index (χ0) is 21.2. The molecule has 1 N–H and O–H groups in total. The third-order valence-corrected chi connectivity index (χ3v) is 5.99. The Kier molecular flexibility index (Phi) is 5.53. The standard InChI is InChI=1S/C23H23ClN6O/c24-19-10-4-8-17(12-19)14-30-22-20(27-28-30)23(31)26-21(25-22)18-9-5-11-29(15-18)13-16-6-2-1-3-7-16/h1-4,6-8,10,12,18H,5,9,11,13-15H2,(H,25,26,31). The average molecular weight is 435 g/mol. The van der Waals surface area contributed by atoms with Crippen molar-refractivity contribution in [3.63, 3.8) is 0 Å². The molecule has 4 aromatic rings. The zero-order valence-corrected chi connectivity index (χ0v) is 17.8. The molecule has 3 heterocycles. The Morgan fingerprint density at radius 3 is 2.74 bits per heavy atom. The second-order valence-corrected chi connectivity index (χ2v) is 8.50. The maximum Gasteiger partial charge on any atom is 0.281 e. The molecule has 1 unspecified atom stereocenters. The van der Waals surface area contributed by atoms with Crippen molar-refractivity contribution >= 4 is 22.8 Å². The van der Waals surface area contributed by atoms with Crippen molar-refractivity contribution in [1.82, 2.24) is 29.9 Å². The van der Waals surface area contributed by atoms with E-state index in [-0.39, 0.29) is 17.0 Å². The molecule has 0 saturated carbocycles. The van der Waals surface area contributed by atoms with Crippen LogP contribution in [0.3, 0.4) is 0 Å². The molecule has 0 spiro atoms. The molecule has 1 aliphatic heterocycles. The van der Waals surface area contributed by atoms with Crippen molar-refractivity contribution in [3.05, 3.63) is 86.9 Å². The quantitative estimate of drug-likeness (QED) is 0.519. The largest absolute Gasteiger partial charge is 0.308 e. The Hall–Kier alpha value is -3.03. The van der Waals surface area contributed by atoms with Crippen molar-refractivity contribution in [3.8, 4) is 0 Å². The maximum atomic E-state index is 12.7. The summed E-state index contributed by atoms with van der Waals surface area (Å²) in [7, 11) is 0. The van der Waals surface area contributed by atoms with Crippen LogP contribution in [0.15, 0.2) is 59.4 Å². The normalized spacial score (nSPS) is 17.3. The molecule has 31 heavy (non-hydrogen) atoms. The van der Waals surface area contributed by atoms with Crippen LogP contribution in [0.5, 0.6) is 0 Å². The Balaban J connectivity index is 1.41. The van der Waals surface area contributed by atoms with Gasteiger partial charge in [0.2, 0.25) is 0 Å². The molecule has 2 aromatic carbocycles. The summed E-state index contributed by atoms with van der Waals surface area (Å²) in [5.74, 6) is 0.883. The summed E-state index contributed by atoms with van der Waals surface area (Å²) in [6.07, 6.45) is 2.06. The van der Waals surface area contributed by atoms with E-state index in [1.807, 2.05) is 30.3 Å². The molecular weight excluding hydrogens is 412 g/mol. The first-order valence-electron chi connectivity index (χ1n) is 10.5. The van der Waals surface area contributed by atoms with Gasteiger partial charge in [-0.15, -0.1) is 5.10 Å². The van der Waals surface area contributed by atoms with E-state index in [0.29, 0.717) is 23.0 Å². The molecule has 8 heteroatoms. The van der Waals surface area contributed by atoms with E-state index in [2.05, 4.69) is 44.5 Å². The third-order valence-electron chi connectivity index (χ3n) is 5.75. The van der Waals surface area contributed by atoms with E-state index < -0.39 is 0 Å². The Labute approximate surface area is 184 Å². The Bertz CT molecular complexity index is 1250. The number of halogens is 1. The molecule has 0 bridgehead atoms. The predicted molar refractivity (Wildman–Crippen MR) is 120 cm³/mol. The first-order chi connectivity index (χ1) is 15.2. The molecular formula is C23H23ClN6O. The van der Waals surface area contributed by atoms with Gasteiger partial charge < -0.3 is 4.98 Å². The minimum Gasteiger partial charge on any atom is -0.308 e. The molecule has 0 aliphatic carbocycles. The highest BCUT2D eigenvalue weighted by Gasteiger charge is 2.25. The number of H-pyrrole nitrogens is 1. The first-order valence-corrected chi connectivity index (χ1v) is 10.9. The summed E-state index contributed by atoms with van der Waals surface area (Å²) in [5, 5.41) is 8.89. The van der Waals surface area contributed by atoms with E-state index >= 15 is 0 Å². The predicted octanol–water partition coefficient (Wildman–Crippen LogP) is 3.60. The molecule has 1 saturated heterocycles. The van der Waals surface area contributed by atoms with Crippen LogP contribution in [0, 0.1) is 0 Å². The minimum absolute atomic E-state index is 0.170. The second-order valence-electron chi connectivity index (χ2n) is 8.06. The smallest absolute Gasteiger partial charge is 0.281 e. The van der Waals surface area contributed by atoms with Gasteiger partial charge in [-0.05, 0) is 42.6 Å². The van der Waals surface area contributed by atoms with E-state index in [4.69, 9.17) is 16.6 Å². The highest BCUT2D eigenvalue weighted by atomic mass is 35.5. The highest BCUT2D eigenvalue weighted by Crippen LogP contribution is 2.26. The van der Waals surface area contributed by atoms with Crippen molar-refractivity contribution in [2.75, 3.05) is 13.1 Å². The highest BCUT2D eigenvalue weighted by molar-refractivity contribution is 6.30. The molecule has 0 amide bonds. The van der Waals surface area contributed by atoms with Crippen molar-refractivity contribution in [2.45, 2.75) is 31.8 Å². The van der Waals surface area contributed by atoms with E-state index in [9.17, 15) is 4.79 Å². The van der Waals surface area contributed by atoms with Crippen molar-refractivity contribution in [1.29, 1.82) is 0 Å². The van der Waals surface area contributed by atoms with Gasteiger partial charge in [0.25, 0.3) is 5.56 Å². The van der Waals surface area contributed by atoms with E-state index in [0.717, 1.165) is 38.0 Å². The fourth-order valence-corrected chi connectivity index (χ4v) is 4.47. The Morgan fingerprint density at radius 2 is 1.90 bits per heavy atom. The third kappa shape index (κ3) is 4.38. The van der Waals surface area contributed by atoms with Crippen molar-refractivity contribution in [2.24, 2.45) is 0 Å². The van der Waals surface area contributed by atoms with Crippen LogP contribution < -0.4 is 5.56 Å². The van der Waals surface area contributed by atoms with Gasteiger partial charge >= 0.3 is 0 Å². The summed E-state index contributed by atoms with van der Waals surface area (Å²) >= 11 is 6.11. The fraction of sp³-hybridized carbons (Fsp3) is 0.304. The monoisotopic (exact) mass is 434 g/mol. The number of likely N-dealkylation sites (tertiary alicyclic amines) is 1. The molecule has 5 rings (SSSR count). The molecule has 1 fully saturated rings. The topological polar surface area (TPSA) is 79.7 Å². The fourth-order valence-electron chi connectivity index (χ4n) is 4.26. The van der Waals surface area contributed by atoms with Crippen molar-refractivity contribution < 1.29 is 0 Å². The van der Waals surface area contributed by atoms with Crippen LogP contribution in [0.4, 0.5) is 0 Å². The number of hydrogen-bond donors (Lipinski definition) is 1. The van der Waals surface area contributed by atoms with Gasteiger partial charge in [-0.3, -0.25) is 9.69 Å². The van der Waals surface area contributed by atoms with Gasteiger partial charge in [0.1, 0.15) is 5.82 Å². The van der Waals surface area contributed by atoms with Gasteiger partial charge in [0.05, 0.1) is 6.54 Å². The molecule has 158 valence electrons. The molecule has 0 radical (unpaired) electrons. The zero-order valence-electron chi connectivity index (χ0n) is 17.0. The summed E-state index contributed by atoms with van der Waals surface area (Å²) in [6.45, 7) is 3.27. The summed E-state index contributed by atoms with van der Waals surface area (Å²) in [6, 6.07) is 18.0. The molecule has 1 aliphatic rings.